The van der Waals surface area contributed by atoms with Crippen LogP contribution in [0, 0.1) is 0 Å². The van der Waals surface area contributed by atoms with Crippen LogP contribution in [0.15, 0.2) is 68.3 Å². The maximum absolute atomic E-state index is 13.2. The van der Waals surface area contributed by atoms with Crippen LogP contribution in [0.3, 0.4) is 0 Å². The summed E-state index contributed by atoms with van der Waals surface area (Å²) in [5.41, 5.74) is 1.60. The SMILES string of the molecule is O=C(CSc1n[nH]c(=O)n1C1CC1)N1c2ccccc2Sc2ccccc21. The third-order valence-corrected chi connectivity index (χ3v) is 6.66. The van der Waals surface area contributed by atoms with Crippen molar-refractivity contribution in [1.29, 1.82) is 0 Å². The number of amides is 1. The predicted molar refractivity (Wildman–Crippen MR) is 106 cm³/mol. The van der Waals surface area contributed by atoms with Gasteiger partial charge in [0.2, 0.25) is 5.91 Å². The van der Waals surface area contributed by atoms with E-state index in [1.165, 1.54) is 11.8 Å². The molecule has 3 aromatic rings. The van der Waals surface area contributed by atoms with Gasteiger partial charge in [-0.15, -0.1) is 5.10 Å². The topological polar surface area (TPSA) is 71.0 Å². The lowest BCUT2D eigenvalue weighted by Gasteiger charge is -2.30. The third-order valence-electron chi connectivity index (χ3n) is 4.59. The van der Waals surface area contributed by atoms with Crippen molar-refractivity contribution >= 4 is 40.8 Å². The average molecular weight is 396 g/mol. The van der Waals surface area contributed by atoms with Crippen LogP contribution >= 0.6 is 23.5 Å². The van der Waals surface area contributed by atoms with Crippen LogP contribution in [0.2, 0.25) is 0 Å². The van der Waals surface area contributed by atoms with Gasteiger partial charge in [-0.2, -0.15) is 0 Å². The van der Waals surface area contributed by atoms with Crippen LogP contribution in [0.25, 0.3) is 0 Å². The molecule has 0 bridgehead atoms. The minimum Gasteiger partial charge on any atom is -0.278 e. The third kappa shape index (κ3) is 2.98. The van der Waals surface area contributed by atoms with Crippen molar-refractivity contribution in [2.24, 2.45) is 0 Å². The number of anilines is 2. The number of para-hydroxylation sites is 2. The number of aromatic nitrogens is 3. The monoisotopic (exact) mass is 396 g/mol. The summed E-state index contributed by atoms with van der Waals surface area (Å²) in [4.78, 5) is 29.0. The van der Waals surface area contributed by atoms with E-state index in [4.69, 9.17) is 0 Å². The van der Waals surface area contributed by atoms with E-state index in [1.807, 2.05) is 48.5 Å². The van der Waals surface area contributed by atoms with Crippen LogP contribution in [-0.2, 0) is 4.79 Å². The number of nitrogens with one attached hydrogen (secondary N) is 1. The second-order valence-corrected chi connectivity index (χ2v) is 8.49. The largest absolute Gasteiger partial charge is 0.344 e. The average Bonchev–Trinajstić information content (AvgIpc) is 3.46. The maximum atomic E-state index is 13.2. The van der Waals surface area contributed by atoms with Crippen molar-refractivity contribution < 1.29 is 4.79 Å². The van der Waals surface area contributed by atoms with Crippen LogP contribution in [0.1, 0.15) is 18.9 Å². The lowest BCUT2D eigenvalue weighted by molar-refractivity contribution is -0.115. The molecule has 0 unspecified atom stereocenters. The Kier molecular flexibility index (Phi) is 4.09. The van der Waals surface area contributed by atoms with E-state index >= 15 is 0 Å². The van der Waals surface area contributed by atoms with Gasteiger partial charge in [-0.25, -0.2) is 9.89 Å². The molecule has 1 fully saturated rings. The Hall–Kier alpha value is -2.45. The van der Waals surface area contributed by atoms with Gasteiger partial charge in [-0.3, -0.25) is 14.3 Å². The maximum Gasteiger partial charge on any atom is 0.344 e. The normalized spacial score (nSPS) is 15.3. The summed E-state index contributed by atoms with van der Waals surface area (Å²) < 4.78 is 1.67. The van der Waals surface area contributed by atoms with Crippen LogP contribution in [0.4, 0.5) is 11.4 Å². The highest BCUT2D eigenvalue weighted by atomic mass is 32.2. The minimum atomic E-state index is -0.197. The van der Waals surface area contributed by atoms with Crippen LogP contribution in [0.5, 0.6) is 0 Å². The van der Waals surface area contributed by atoms with Crippen molar-refractivity contribution in [2.45, 2.75) is 33.8 Å². The van der Waals surface area contributed by atoms with Gasteiger partial charge in [0.15, 0.2) is 5.16 Å². The zero-order valence-corrected chi connectivity index (χ0v) is 15.9. The fraction of sp³-hybridized carbons (Fsp3) is 0.211. The minimum absolute atomic E-state index is 0.0296. The molecule has 1 saturated carbocycles. The van der Waals surface area contributed by atoms with Crippen LogP contribution < -0.4 is 10.6 Å². The summed E-state index contributed by atoms with van der Waals surface area (Å²) in [6, 6.07) is 16.1. The Morgan fingerprint density at radius 1 is 1.11 bits per heavy atom. The first-order valence-electron chi connectivity index (χ1n) is 8.71. The zero-order chi connectivity index (χ0) is 18.4. The van der Waals surface area contributed by atoms with Gasteiger partial charge in [0.05, 0.1) is 17.1 Å². The Labute approximate surface area is 164 Å². The Balaban J connectivity index is 1.44. The van der Waals surface area contributed by atoms with Gasteiger partial charge in [0, 0.05) is 15.8 Å². The van der Waals surface area contributed by atoms with Crippen LogP contribution in [-0.4, -0.2) is 26.4 Å². The van der Waals surface area contributed by atoms with E-state index in [1.54, 1.807) is 21.2 Å². The van der Waals surface area contributed by atoms with Gasteiger partial charge in [0.25, 0.3) is 0 Å². The molecule has 1 aliphatic heterocycles. The molecule has 6 nitrogen and oxygen atoms in total. The molecular formula is C19H16N4O2S2. The first-order chi connectivity index (χ1) is 13.2. The molecule has 0 spiro atoms. The summed E-state index contributed by atoms with van der Waals surface area (Å²) in [5, 5.41) is 7.18. The first-order valence-corrected chi connectivity index (χ1v) is 10.5. The summed E-state index contributed by atoms with van der Waals surface area (Å²) in [6.45, 7) is 0. The second-order valence-electron chi connectivity index (χ2n) is 6.47. The number of carbonyl (C=O) groups excluding carboxylic acids is 1. The number of aromatic amines is 1. The number of H-pyrrole nitrogens is 1. The predicted octanol–water partition coefficient (Wildman–Crippen LogP) is 3.83. The van der Waals surface area contributed by atoms with Crippen molar-refractivity contribution in [3.8, 4) is 0 Å². The molecule has 27 heavy (non-hydrogen) atoms. The number of hydrogen-bond acceptors (Lipinski definition) is 5. The Morgan fingerprint density at radius 3 is 2.37 bits per heavy atom. The highest BCUT2D eigenvalue weighted by Crippen LogP contribution is 2.48. The molecule has 1 aromatic heterocycles. The molecule has 136 valence electrons. The van der Waals surface area contributed by atoms with Gasteiger partial charge in [-0.05, 0) is 37.1 Å². The fourth-order valence-corrected chi connectivity index (χ4v) is 5.13. The van der Waals surface area contributed by atoms with E-state index in [-0.39, 0.29) is 23.4 Å². The lowest BCUT2D eigenvalue weighted by Crippen LogP contribution is -2.30. The van der Waals surface area contributed by atoms with E-state index in [0.717, 1.165) is 34.0 Å². The number of carbonyl (C=O) groups is 1. The van der Waals surface area contributed by atoms with E-state index < -0.39 is 0 Å². The highest BCUT2D eigenvalue weighted by molar-refractivity contribution is 8.00. The molecule has 2 aliphatic rings. The summed E-state index contributed by atoms with van der Waals surface area (Å²) >= 11 is 2.98. The molecule has 1 N–H and O–H groups in total. The number of thioether (sulfide) groups is 1. The van der Waals surface area contributed by atoms with Crippen molar-refractivity contribution in [2.75, 3.05) is 10.7 Å². The van der Waals surface area contributed by atoms with Gasteiger partial charge < -0.3 is 0 Å². The Bertz CT molecular complexity index is 1040. The quantitative estimate of drug-likeness (QED) is 0.679. The number of nitrogens with zero attached hydrogens (tertiary/aromatic N) is 3. The number of hydrogen-bond donors (Lipinski definition) is 1. The van der Waals surface area contributed by atoms with Crippen molar-refractivity contribution in [3.63, 3.8) is 0 Å². The summed E-state index contributed by atoms with van der Waals surface area (Å²) in [5.74, 6) is 0.183. The lowest BCUT2D eigenvalue weighted by atomic mass is 10.2. The molecule has 1 aliphatic carbocycles. The summed E-state index contributed by atoms with van der Waals surface area (Å²) in [6.07, 6.45) is 1.98. The smallest absolute Gasteiger partial charge is 0.278 e. The van der Waals surface area contributed by atoms with Gasteiger partial charge in [0.1, 0.15) is 0 Å². The van der Waals surface area contributed by atoms with Crippen molar-refractivity contribution in [1.82, 2.24) is 14.8 Å². The van der Waals surface area contributed by atoms with Crippen molar-refractivity contribution in [3.05, 3.63) is 59.0 Å². The summed E-state index contributed by atoms with van der Waals surface area (Å²) in [7, 11) is 0. The number of benzene rings is 2. The Morgan fingerprint density at radius 2 is 1.74 bits per heavy atom. The van der Waals surface area contributed by atoms with Gasteiger partial charge >= 0.3 is 5.69 Å². The molecule has 0 radical (unpaired) electrons. The molecule has 5 rings (SSSR count). The molecule has 0 saturated heterocycles. The molecule has 2 aromatic carbocycles. The fourth-order valence-electron chi connectivity index (χ4n) is 3.21. The number of fused-ring (bicyclic) bond motifs is 2. The molecule has 1 amide bonds. The highest BCUT2D eigenvalue weighted by Gasteiger charge is 2.31. The van der Waals surface area contributed by atoms with E-state index in [0.29, 0.717) is 5.16 Å². The van der Waals surface area contributed by atoms with Gasteiger partial charge in [-0.1, -0.05) is 47.8 Å². The second kappa shape index (κ2) is 6.61. The standard InChI is InChI=1S/C19H16N4O2S2/c24-17(11-26-19-21-20-18(25)22(19)12-9-10-12)23-13-5-1-3-7-15(13)27-16-8-4-2-6-14(16)23/h1-8,12H,9-11H2,(H,20,25). The van der Waals surface area contributed by atoms with E-state index in [9.17, 15) is 9.59 Å². The molecule has 8 heteroatoms. The molecule has 2 heterocycles. The molecular weight excluding hydrogens is 380 g/mol. The first kappa shape index (κ1) is 16.7. The zero-order valence-electron chi connectivity index (χ0n) is 14.3. The molecule has 0 atom stereocenters. The van der Waals surface area contributed by atoms with E-state index in [2.05, 4.69) is 10.2 Å². The number of rotatable bonds is 4.